The number of hydrogen-bond donors (Lipinski definition) is 5. The zero-order valence-electron chi connectivity index (χ0n) is 39.0. The number of carbonyl (C=O) groups excluding carboxylic acids is 8. The summed E-state index contributed by atoms with van der Waals surface area (Å²) in [5, 5.41) is 38.0. The molecule has 5 N–H and O–H groups in total. The van der Waals surface area contributed by atoms with E-state index in [-0.39, 0.29) is 95.3 Å². The molecule has 4 rings (SSSR count). The Morgan fingerprint density at radius 3 is 2.15 bits per heavy atom. The van der Waals surface area contributed by atoms with Crippen molar-refractivity contribution in [1.29, 1.82) is 0 Å². The van der Waals surface area contributed by atoms with E-state index in [2.05, 4.69) is 26.6 Å². The summed E-state index contributed by atoms with van der Waals surface area (Å²) in [6.07, 6.45) is 6.90. The minimum Gasteiger partial charge on any atom is -0.366 e. The molecule has 0 radical (unpaired) electrons. The highest BCUT2D eigenvalue weighted by molar-refractivity contribution is 8.00. The van der Waals surface area contributed by atoms with Crippen LogP contribution in [0.15, 0.2) is 18.2 Å². The van der Waals surface area contributed by atoms with Gasteiger partial charge in [0.05, 0.1) is 28.0 Å². The third-order valence-electron chi connectivity index (χ3n) is 11.9. The number of nitro groups is 2. The molecule has 0 saturated carbocycles. The second-order valence-corrected chi connectivity index (χ2v) is 18.3. The number of nitrogens with one attached hydrogen (secondary N) is 5. The van der Waals surface area contributed by atoms with Crippen LogP contribution in [0.4, 0.5) is 21.9 Å². The normalized spacial score (nSPS) is 17.7. The molecule has 3 saturated heterocycles. The van der Waals surface area contributed by atoms with Crippen LogP contribution < -0.4 is 31.5 Å². The van der Waals surface area contributed by atoms with Crippen LogP contribution >= 0.6 is 11.8 Å². The molecule has 24 heteroatoms. The van der Waals surface area contributed by atoms with Gasteiger partial charge in [0.25, 0.3) is 23.2 Å². The van der Waals surface area contributed by atoms with E-state index >= 15 is 0 Å². The first-order valence-corrected chi connectivity index (χ1v) is 24.7. The average molecular weight is 987 g/mol. The van der Waals surface area contributed by atoms with Gasteiger partial charge in [0.1, 0.15) is 11.7 Å². The van der Waals surface area contributed by atoms with Gasteiger partial charge in [0, 0.05) is 103 Å². The number of thioether (sulfide) groups is 1. The summed E-state index contributed by atoms with van der Waals surface area (Å²) in [4.78, 5) is 130. The number of unbranched alkanes of at least 4 members (excludes halogenated alkanes) is 4. The van der Waals surface area contributed by atoms with Crippen molar-refractivity contribution in [1.82, 2.24) is 36.5 Å². The number of benzene rings is 1. The van der Waals surface area contributed by atoms with Gasteiger partial charge in [-0.05, 0) is 70.8 Å². The highest BCUT2D eigenvalue weighted by Crippen LogP contribution is 2.34. The lowest BCUT2D eigenvalue weighted by Gasteiger charge is -2.25. The molecule has 0 bridgehead atoms. The molecule has 1 aromatic carbocycles. The highest BCUT2D eigenvalue weighted by atomic mass is 32.2. The summed E-state index contributed by atoms with van der Waals surface area (Å²) >= 11 is 1.86. The average Bonchev–Trinajstić information content (AvgIpc) is 3.97. The van der Waals surface area contributed by atoms with Gasteiger partial charge in [-0.25, -0.2) is 9.59 Å². The van der Waals surface area contributed by atoms with Gasteiger partial charge >= 0.3 is 12.0 Å². The van der Waals surface area contributed by atoms with Crippen LogP contribution in [0, 0.1) is 20.2 Å². The van der Waals surface area contributed by atoms with E-state index in [0.29, 0.717) is 81.4 Å². The largest absolute Gasteiger partial charge is 0.366 e. The monoisotopic (exact) mass is 987 g/mol. The fourth-order valence-electron chi connectivity index (χ4n) is 8.23. The van der Waals surface area contributed by atoms with E-state index in [1.807, 2.05) is 18.7 Å². The molecule has 3 fully saturated rings. The van der Waals surface area contributed by atoms with Crippen LogP contribution in [0.5, 0.6) is 0 Å². The van der Waals surface area contributed by atoms with Gasteiger partial charge in [-0.2, -0.15) is 11.8 Å². The molecule has 68 heavy (non-hydrogen) atoms. The number of urea groups is 1. The minimum absolute atomic E-state index is 0. The standard InChI is InChI=1S/C44H66N10O13S.6H2/c1-3-25-51(39(58)17-12-26-50(4-2)33-19-18-30(53(63)64)28-34(33)54(65)66)27-22-38(57)47-31(43(61)67-52-40(59)20-21-41(52)60)13-9-11-24-46-36(55)15-6-5-10-23-45-37(56)16-8-7-14-35-42-32(29-68-35)48-44(62)49-42;;;;;;/h18-19,28,31-32,35,42H,3-17,20-27,29H2,1-2H3,(H,45,56)(H,46,55)(H,47,57)(H2,48,49,62);6*1H/t31?,32-,35?,42-;;;;;;/m0....../s1. The summed E-state index contributed by atoms with van der Waals surface area (Å²) < 4.78 is 0. The third-order valence-corrected chi connectivity index (χ3v) is 13.4. The van der Waals surface area contributed by atoms with Crippen molar-refractivity contribution in [3.8, 4) is 0 Å². The lowest BCUT2D eigenvalue weighted by molar-refractivity contribution is -0.393. The third kappa shape index (κ3) is 17.5. The SMILES string of the molecule is CCCN(CCC(=O)NC(CCCCNC(=O)CCCCCNC(=O)CCCCC1SC[C@@H]2NC(=O)N[C@H]12)C(=O)ON1C(=O)CCC1=O)C(=O)CCCN(CC)c1ccc([N+](=O)[O-])cc1[N+](=O)[O-].[HH].[HH].[HH].[HH].[HH].[HH]. The predicted octanol–water partition coefficient (Wildman–Crippen LogP) is 5.00. The maximum Gasteiger partial charge on any atom is 0.355 e. The molecule has 3 heterocycles. The van der Waals surface area contributed by atoms with Gasteiger partial charge in [-0.3, -0.25) is 49.0 Å². The van der Waals surface area contributed by atoms with Crippen molar-refractivity contribution in [3.05, 3.63) is 38.4 Å². The second kappa shape index (κ2) is 28.3. The highest BCUT2D eigenvalue weighted by Gasteiger charge is 2.42. The van der Waals surface area contributed by atoms with Crippen molar-refractivity contribution in [2.45, 2.75) is 146 Å². The maximum absolute atomic E-state index is 13.3. The molecule has 4 atom stereocenters. The molecule has 0 spiro atoms. The smallest absolute Gasteiger partial charge is 0.355 e. The Bertz CT molecular complexity index is 1990. The van der Waals surface area contributed by atoms with Crippen LogP contribution in [-0.2, 0) is 38.4 Å². The molecular formula is C44H78N10O13S. The Kier molecular flexibility index (Phi) is 22.7. The van der Waals surface area contributed by atoms with E-state index in [1.165, 1.54) is 17.0 Å². The van der Waals surface area contributed by atoms with Crippen molar-refractivity contribution < 1.29 is 61.6 Å². The fraction of sp³-hybridized carbons (Fsp3) is 0.682. The van der Waals surface area contributed by atoms with Crippen LogP contribution in [0.1, 0.15) is 132 Å². The van der Waals surface area contributed by atoms with Crippen molar-refractivity contribution in [2.24, 2.45) is 0 Å². The van der Waals surface area contributed by atoms with Gasteiger partial charge in [0.2, 0.25) is 23.6 Å². The molecule has 3 aliphatic rings. The van der Waals surface area contributed by atoms with Gasteiger partial charge in [0.15, 0.2) is 0 Å². The first kappa shape index (κ1) is 54.5. The molecule has 388 valence electrons. The van der Waals surface area contributed by atoms with Gasteiger partial charge in [-0.15, -0.1) is 5.06 Å². The van der Waals surface area contributed by atoms with E-state index in [0.717, 1.165) is 43.9 Å². The number of nitrogens with zero attached hydrogens (tertiary/aromatic N) is 5. The summed E-state index contributed by atoms with van der Waals surface area (Å²) in [6, 6.07) is 2.41. The van der Waals surface area contributed by atoms with Crippen LogP contribution in [0.3, 0.4) is 0 Å². The molecular weight excluding hydrogens is 909 g/mol. The van der Waals surface area contributed by atoms with Crippen molar-refractivity contribution in [3.63, 3.8) is 0 Å². The van der Waals surface area contributed by atoms with Gasteiger partial charge in [-0.1, -0.05) is 19.8 Å². The second-order valence-electron chi connectivity index (χ2n) is 17.0. The van der Waals surface area contributed by atoms with Crippen LogP contribution in [0.2, 0.25) is 0 Å². The first-order valence-electron chi connectivity index (χ1n) is 23.7. The Hall–Kier alpha value is -6.07. The number of anilines is 1. The summed E-state index contributed by atoms with van der Waals surface area (Å²) in [7, 11) is 0. The van der Waals surface area contributed by atoms with E-state index in [9.17, 15) is 58.6 Å². The van der Waals surface area contributed by atoms with Crippen LogP contribution in [-0.4, -0.2) is 136 Å². The molecule has 3 aliphatic heterocycles. The molecule has 0 aliphatic carbocycles. The van der Waals surface area contributed by atoms with Crippen molar-refractivity contribution in [2.75, 3.05) is 49.9 Å². The molecule has 2 unspecified atom stereocenters. The summed E-state index contributed by atoms with van der Waals surface area (Å²) in [5.41, 5.74) is -0.649. The zero-order chi connectivity index (χ0) is 49.6. The number of imide groups is 1. The van der Waals surface area contributed by atoms with E-state index in [1.54, 1.807) is 11.8 Å². The Balaban J connectivity index is -0.00000840. The Labute approximate surface area is 408 Å². The number of nitro benzene ring substituents is 2. The Morgan fingerprint density at radius 1 is 0.824 bits per heavy atom. The van der Waals surface area contributed by atoms with Gasteiger partial charge < -0.3 is 41.2 Å². The first-order chi connectivity index (χ1) is 32.6. The lowest BCUT2D eigenvalue weighted by Crippen LogP contribution is -2.46. The minimum atomic E-state index is -1.24. The maximum atomic E-state index is 13.3. The molecule has 1 aromatic rings. The zero-order valence-corrected chi connectivity index (χ0v) is 39.8. The number of hydroxylamine groups is 2. The summed E-state index contributed by atoms with van der Waals surface area (Å²) in [6.45, 7) is 5.37. The quantitative estimate of drug-likeness (QED) is 0.0209. The number of non-ortho nitro benzene ring substituents is 1. The topological polar surface area (TPSA) is 302 Å². The lowest BCUT2D eigenvalue weighted by atomic mass is 10.0. The van der Waals surface area contributed by atoms with Crippen LogP contribution in [0.25, 0.3) is 0 Å². The van der Waals surface area contributed by atoms with Crippen molar-refractivity contribution >= 4 is 76.3 Å². The predicted molar refractivity (Wildman–Crippen MR) is 262 cm³/mol. The summed E-state index contributed by atoms with van der Waals surface area (Å²) in [5.74, 6) is -2.45. The number of hydrogen-bond acceptors (Lipinski definition) is 15. The Morgan fingerprint density at radius 2 is 1.50 bits per heavy atom. The number of rotatable bonds is 32. The number of fused-ring (bicyclic) bond motifs is 1. The fourth-order valence-corrected chi connectivity index (χ4v) is 9.77. The van der Waals surface area contributed by atoms with E-state index < -0.39 is 51.0 Å². The number of amides is 8. The molecule has 23 nitrogen and oxygen atoms in total. The number of carbonyl (C=O) groups is 8. The molecule has 8 amide bonds. The van der Waals surface area contributed by atoms with E-state index in [4.69, 9.17) is 4.84 Å². The molecule has 0 aromatic heterocycles.